The van der Waals surface area contributed by atoms with Gasteiger partial charge in [-0.3, -0.25) is 0 Å². The van der Waals surface area contributed by atoms with Gasteiger partial charge < -0.3 is 15.7 Å². The predicted octanol–water partition coefficient (Wildman–Crippen LogP) is 2.27. The molecule has 0 saturated carbocycles. The average molecular weight is 247 g/mol. The molecule has 3 nitrogen and oxygen atoms in total. The molecule has 1 aromatic carbocycles. The topological polar surface area (TPSA) is 49.5 Å². The van der Waals surface area contributed by atoms with Gasteiger partial charge >= 0.3 is 0 Å². The maximum Gasteiger partial charge on any atom is 0.143 e. The van der Waals surface area contributed by atoms with E-state index in [-0.39, 0.29) is 17.7 Å². The van der Waals surface area contributed by atoms with Crippen molar-refractivity contribution < 1.29 is 9.50 Å². The average Bonchev–Trinajstić information content (AvgIpc) is 2.20. The van der Waals surface area contributed by atoms with Gasteiger partial charge in [-0.25, -0.2) is 4.39 Å². The van der Waals surface area contributed by atoms with E-state index < -0.39 is 5.82 Å². The van der Waals surface area contributed by atoms with Crippen molar-refractivity contribution in [3.63, 3.8) is 0 Å². The van der Waals surface area contributed by atoms with Crippen molar-refractivity contribution >= 4 is 23.0 Å². The van der Waals surface area contributed by atoms with Crippen LogP contribution in [0.3, 0.4) is 0 Å². The maximum absolute atomic E-state index is 13.1. The summed E-state index contributed by atoms with van der Waals surface area (Å²) >= 11 is 5.72. The smallest absolute Gasteiger partial charge is 0.143 e. The summed E-state index contributed by atoms with van der Waals surface area (Å²) in [6.07, 6.45) is 0. The SMILES string of the molecule is CC(C)N(CCO)c1cc(Cl)c(F)cc1N. The molecule has 0 bridgehead atoms. The standard InChI is InChI=1S/C11H16ClFN2O/c1-7(2)15(3-4-16)11-5-8(12)9(13)6-10(11)14/h5-7,16H,3-4,14H2,1-2H3. The zero-order chi connectivity index (χ0) is 12.3. The van der Waals surface area contributed by atoms with Gasteiger partial charge in [0.05, 0.1) is 23.0 Å². The number of anilines is 2. The first kappa shape index (κ1) is 13.1. The van der Waals surface area contributed by atoms with Crippen molar-refractivity contribution in [3.05, 3.63) is 23.0 Å². The van der Waals surface area contributed by atoms with Gasteiger partial charge in [0.15, 0.2) is 0 Å². The van der Waals surface area contributed by atoms with Gasteiger partial charge in [-0.2, -0.15) is 0 Å². The number of nitrogen functional groups attached to an aromatic ring is 1. The summed E-state index contributed by atoms with van der Waals surface area (Å²) in [7, 11) is 0. The van der Waals surface area contributed by atoms with E-state index in [1.165, 1.54) is 12.1 Å². The molecule has 0 heterocycles. The van der Waals surface area contributed by atoms with Crippen molar-refractivity contribution in [1.82, 2.24) is 0 Å². The molecule has 1 rings (SSSR count). The van der Waals surface area contributed by atoms with Crippen molar-refractivity contribution in [1.29, 1.82) is 0 Å². The molecule has 0 unspecified atom stereocenters. The van der Waals surface area contributed by atoms with E-state index >= 15 is 0 Å². The molecule has 0 aromatic heterocycles. The van der Waals surface area contributed by atoms with Crippen LogP contribution in [0.5, 0.6) is 0 Å². The highest BCUT2D eigenvalue weighted by molar-refractivity contribution is 6.31. The summed E-state index contributed by atoms with van der Waals surface area (Å²) in [6, 6.07) is 2.84. The Morgan fingerprint density at radius 1 is 1.50 bits per heavy atom. The van der Waals surface area contributed by atoms with Crippen LogP contribution >= 0.6 is 11.6 Å². The van der Waals surface area contributed by atoms with E-state index in [0.29, 0.717) is 17.9 Å². The molecule has 3 N–H and O–H groups in total. The number of aliphatic hydroxyl groups is 1. The molecule has 0 fully saturated rings. The summed E-state index contributed by atoms with van der Waals surface area (Å²) < 4.78 is 13.1. The van der Waals surface area contributed by atoms with Crippen LogP contribution in [0.4, 0.5) is 15.8 Å². The Kier molecular flexibility index (Phi) is 4.38. The fraction of sp³-hybridized carbons (Fsp3) is 0.455. The van der Waals surface area contributed by atoms with Crippen molar-refractivity contribution in [2.24, 2.45) is 0 Å². The summed E-state index contributed by atoms with van der Waals surface area (Å²) in [5, 5.41) is 9.01. The summed E-state index contributed by atoms with van der Waals surface area (Å²) in [5.74, 6) is -0.532. The molecule has 90 valence electrons. The maximum atomic E-state index is 13.1. The van der Waals surface area contributed by atoms with E-state index in [4.69, 9.17) is 22.4 Å². The summed E-state index contributed by atoms with van der Waals surface area (Å²) in [5.41, 5.74) is 6.71. The summed E-state index contributed by atoms with van der Waals surface area (Å²) in [4.78, 5) is 1.88. The van der Waals surface area contributed by atoms with Crippen molar-refractivity contribution in [2.75, 3.05) is 23.8 Å². The lowest BCUT2D eigenvalue weighted by atomic mass is 10.2. The minimum Gasteiger partial charge on any atom is -0.397 e. The Bertz CT molecular complexity index is 371. The Balaban J connectivity index is 3.13. The third kappa shape index (κ3) is 2.77. The third-order valence-electron chi connectivity index (χ3n) is 2.34. The number of aliphatic hydroxyl groups excluding tert-OH is 1. The van der Waals surface area contributed by atoms with Crippen molar-refractivity contribution in [3.8, 4) is 0 Å². The van der Waals surface area contributed by atoms with Gasteiger partial charge in [-0.05, 0) is 19.9 Å². The highest BCUT2D eigenvalue weighted by Gasteiger charge is 2.15. The number of hydrogen-bond acceptors (Lipinski definition) is 3. The Labute approximate surface area is 99.6 Å². The molecule has 0 atom stereocenters. The second-order valence-corrected chi connectivity index (χ2v) is 4.24. The zero-order valence-corrected chi connectivity index (χ0v) is 10.1. The minimum atomic E-state index is -0.532. The first-order chi connectivity index (χ1) is 7.47. The van der Waals surface area contributed by atoms with Crippen LogP contribution < -0.4 is 10.6 Å². The van der Waals surface area contributed by atoms with Crippen LogP contribution in [0.1, 0.15) is 13.8 Å². The lowest BCUT2D eigenvalue weighted by Gasteiger charge is -2.29. The van der Waals surface area contributed by atoms with Crippen LogP contribution in [0.15, 0.2) is 12.1 Å². The second kappa shape index (κ2) is 5.37. The van der Waals surface area contributed by atoms with Crippen LogP contribution in [0.25, 0.3) is 0 Å². The minimum absolute atomic E-state index is 0.00656. The fourth-order valence-electron chi connectivity index (χ4n) is 1.57. The van der Waals surface area contributed by atoms with Crippen LogP contribution in [-0.2, 0) is 0 Å². The number of nitrogens with two attached hydrogens (primary N) is 1. The van der Waals surface area contributed by atoms with Crippen LogP contribution in [0, 0.1) is 5.82 Å². The Hall–Kier alpha value is -1.00. The second-order valence-electron chi connectivity index (χ2n) is 3.84. The largest absolute Gasteiger partial charge is 0.397 e. The fourth-order valence-corrected chi connectivity index (χ4v) is 1.72. The molecule has 16 heavy (non-hydrogen) atoms. The van der Waals surface area contributed by atoms with Gasteiger partial charge in [0.25, 0.3) is 0 Å². The Morgan fingerprint density at radius 2 is 2.12 bits per heavy atom. The van der Waals surface area contributed by atoms with Gasteiger partial charge in [0, 0.05) is 18.7 Å². The van der Waals surface area contributed by atoms with E-state index in [0.717, 1.165) is 0 Å². The molecule has 0 spiro atoms. The van der Waals surface area contributed by atoms with Gasteiger partial charge in [-0.1, -0.05) is 11.6 Å². The summed E-state index contributed by atoms with van der Waals surface area (Å²) in [6.45, 7) is 4.37. The monoisotopic (exact) mass is 246 g/mol. The van der Waals surface area contributed by atoms with E-state index in [1.807, 2.05) is 18.7 Å². The number of benzene rings is 1. The molecule has 0 aliphatic rings. The number of halogens is 2. The number of rotatable bonds is 4. The lowest BCUT2D eigenvalue weighted by Crippen LogP contribution is -2.34. The van der Waals surface area contributed by atoms with Gasteiger partial charge in [-0.15, -0.1) is 0 Å². The predicted molar refractivity (Wildman–Crippen MR) is 65.4 cm³/mol. The molecule has 5 heteroatoms. The third-order valence-corrected chi connectivity index (χ3v) is 2.63. The highest BCUT2D eigenvalue weighted by atomic mass is 35.5. The van der Waals surface area contributed by atoms with E-state index in [1.54, 1.807) is 0 Å². The van der Waals surface area contributed by atoms with Gasteiger partial charge in [0.2, 0.25) is 0 Å². The lowest BCUT2D eigenvalue weighted by molar-refractivity contribution is 0.299. The van der Waals surface area contributed by atoms with Crippen LogP contribution in [-0.4, -0.2) is 24.3 Å². The number of hydrogen-bond donors (Lipinski definition) is 2. The van der Waals surface area contributed by atoms with Crippen LogP contribution in [0.2, 0.25) is 5.02 Å². The van der Waals surface area contributed by atoms with Gasteiger partial charge in [0.1, 0.15) is 5.82 Å². The molecule has 0 amide bonds. The first-order valence-electron chi connectivity index (χ1n) is 5.09. The van der Waals surface area contributed by atoms with E-state index in [2.05, 4.69) is 0 Å². The van der Waals surface area contributed by atoms with E-state index in [9.17, 15) is 4.39 Å². The Morgan fingerprint density at radius 3 is 2.62 bits per heavy atom. The molecular formula is C11H16ClFN2O. The zero-order valence-electron chi connectivity index (χ0n) is 9.37. The molecule has 0 saturated heterocycles. The molecule has 0 radical (unpaired) electrons. The quantitative estimate of drug-likeness (QED) is 0.802. The highest BCUT2D eigenvalue weighted by Crippen LogP contribution is 2.30. The molecule has 0 aliphatic heterocycles. The number of nitrogens with zero attached hydrogens (tertiary/aromatic N) is 1. The van der Waals surface area contributed by atoms with Crippen molar-refractivity contribution in [2.45, 2.75) is 19.9 Å². The molecule has 1 aromatic rings. The molecular weight excluding hydrogens is 231 g/mol. The normalized spacial score (nSPS) is 10.9. The first-order valence-corrected chi connectivity index (χ1v) is 5.47. The molecule has 0 aliphatic carbocycles.